The highest BCUT2D eigenvalue weighted by Gasteiger charge is 2.38. The van der Waals surface area contributed by atoms with Crippen LogP contribution in [0.5, 0.6) is 0 Å². The van der Waals surface area contributed by atoms with Crippen LogP contribution in [0.15, 0.2) is 143 Å². The summed E-state index contributed by atoms with van der Waals surface area (Å²) >= 11 is 1.60. The lowest BCUT2D eigenvalue weighted by Crippen LogP contribution is -2.54. The van der Waals surface area contributed by atoms with Crippen LogP contribution in [0.1, 0.15) is 27.9 Å². The standard InChI is InChI=1S/C44H41N5O5S2.C2HF3O2/c50-44(46-56(53,54)37-20-21-41(43(28-37)49(51)52)45-23-26-55-36-12-2-1-3-13-36)33-18-22-42-32(27-33)17-19-35-30-47(24-25-48(35)42)29-34-10-5-7-15-39(34)40-16-8-11-31-9-4-6-14-38(31)40;3-2(4,5)1(6)7/h1-16,18,20-22,27-28,35,45H,17,19,23-26,29-30H2,(H,46,50);(H,6,7)/t35-;/m0./s1. The van der Waals surface area contributed by atoms with Gasteiger partial charge in [-0.3, -0.25) is 19.8 Å². The third-order valence-corrected chi connectivity index (χ3v) is 13.2. The molecule has 3 N–H and O–H groups in total. The number of aryl methyl sites for hydroxylation is 1. The Balaban J connectivity index is 0.000000785. The van der Waals surface area contributed by atoms with E-state index in [1.165, 1.54) is 39.6 Å². The van der Waals surface area contributed by atoms with E-state index in [0.717, 1.165) is 61.2 Å². The first-order valence-electron chi connectivity index (χ1n) is 19.9. The molecule has 1 atom stereocenters. The summed E-state index contributed by atoms with van der Waals surface area (Å²) in [5, 5.41) is 24.5. The molecule has 2 heterocycles. The number of sulfonamides is 1. The number of nitrogens with zero attached hydrogens (tertiary/aromatic N) is 3. The van der Waals surface area contributed by atoms with Gasteiger partial charge < -0.3 is 15.3 Å². The van der Waals surface area contributed by atoms with Crippen molar-refractivity contribution in [1.29, 1.82) is 0 Å². The molecule has 1 fully saturated rings. The van der Waals surface area contributed by atoms with E-state index in [1.807, 2.05) is 36.4 Å². The maximum absolute atomic E-state index is 13.3. The van der Waals surface area contributed by atoms with E-state index in [4.69, 9.17) is 9.90 Å². The number of halogens is 3. The van der Waals surface area contributed by atoms with Crippen molar-refractivity contribution in [1.82, 2.24) is 9.62 Å². The molecule has 6 aromatic carbocycles. The molecule has 0 spiro atoms. The molecule has 326 valence electrons. The van der Waals surface area contributed by atoms with Crippen molar-refractivity contribution in [2.45, 2.75) is 41.4 Å². The number of nitrogens with one attached hydrogen (secondary N) is 2. The summed E-state index contributed by atoms with van der Waals surface area (Å²) < 4.78 is 60.5. The number of rotatable bonds is 12. The van der Waals surface area contributed by atoms with Gasteiger partial charge in [-0.05, 0) is 88.3 Å². The molecule has 0 radical (unpaired) electrons. The number of carbonyl (C=O) groups excluding carboxylic acids is 1. The molecule has 2 aliphatic heterocycles. The minimum Gasteiger partial charge on any atom is -0.475 e. The molecule has 8 rings (SSSR count). The molecule has 63 heavy (non-hydrogen) atoms. The summed E-state index contributed by atoms with van der Waals surface area (Å²) in [4.78, 5) is 39.2. The lowest BCUT2D eigenvalue weighted by molar-refractivity contribution is -0.384. The summed E-state index contributed by atoms with van der Waals surface area (Å²) in [5.41, 5.74) is 5.90. The summed E-state index contributed by atoms with van der Waals surface area (Å²) in [6.45, 7) is 3.91. The van der Waals surface area contributed by atoms with Gasteiger partial charge in [0, 0.05) is 66.7 Å². The molecular formula is C46H42F3N5O7S2. The number of thioether (sulfide) groups is 1. The number of hydrogen-bond acceptors (Lipinski definition) is 10. The van der Waals surface area contributed by atoms with Gasteiger partial charge in [0.05, 0.1) is 9.82 Å². The Morgan fingerprint density at radius 3 is 2.32 bits per heavy atom. The Labute approximate surface area is 365 Å². The quantitative estimate of drug-likeness (QED) is 0.0465. The highest BCUT2D eigenvalue weighted by Crippen LogP contribution is 2.36. The number of carbonyl (C=O) groups is 2. The van der Waals surface area contributed by atoms with E-state index < -0.39 is 33.0 Å². The van der Waals surface area contributed by atoms with Gasteiger partial charge in [0.25, 0.3) is 21.6 Å². The first-order chi connectivity index (χ1) is 30.2. The number of amides is 1. The number of hydrogen-bond donors (Lipinski definition) is 3. The molecule has 0 bridgehead atoms. The monoisotopic (exact) mass is 897 g/mol. The van der Waals surface area contributed by atoms with Gasteiger partial charge in [-0.1, -0.05) is 84.9 Å². The fourth-order valence-corrected chi connectivity index (χ4v) is 9.65. The predicted octanol–water partition coefficient (Wildman–Crippen LogP) is 9.01. The molecule has 2 aliphatic rings. The van der Waals surface area contributed by atoms with Crippen LogP contribution in [0.3, 0.4) is 0 Å². The Bertz CT molecular complexity index is 2750. The number of alkyl halides is 3. The minimum absolute atomic E-state index is 0.202. The highest BCUT2D eigenvalue weighted by molar-refractivity contribution is 7.99. The first-order valence-corrected chi connectivity index (χ1v) is 22.4. The summed E-state index contributed by atoms with van der Waals surface area (Å²) in [5.74, 6) is -2.89. The van der Waals surface area contributed by atoms with Gasteiger partial charge in [0.15, 0.2) is 0 Å². The van der Waals surface area contributed by atoms with Crippen LogP contribution in [0.4, 0.5) is 30.2 Å². The van der Waals surface area contributed by atoms with Gasteiger partial charge in [-0.15, -0.1) is 11.8 Å². The van der Waals surface area contributed by atoms with Crippen LogP contribution in [0.2, 0.25) is 0 Å². The minimum atomic E-state index is -5.08. The van der Waals surface area contributed by atoms with Crippen LogP contribution >= 0.6 is 11.8 Å². The van der Waals surface area contributed by atoms with Gasteiger partial charge in [0.2, 0.25) is 0 Å². The van der Waals surface area contributed by atoms with Gasteiger partial charge in [0.1, 0.15) is 5.69 Å². The zero-order chi connectivity index (χ0) is 44.7. The third kappa shape index (κ3) is 10.8. The van der Waals surface area contributed by atoms with Crippen molar-refractivity contribution in [2.24, 2.45) is 0 Å². The fraction of sp³-hybridized carbons (Fsp3) is 0.217. The summed E-state index contributed by atoms with van der Waals surface area (Å²) in [7, 11) is -4.40. The number of nitro benzene ring substituents is 1. The molecule has 0 aliphatic carbocycles. The first kappa shape index (κ1) is 44.6. The van der Waals surface area contributed by atoms with E-state index >= 15 is 0 Å². The van der Waals surface area contributed by atoms with E-state index in [2.05, 4.69) is 86.6 Å². The second-order valence-corrected chi connectivity index (χ2v) is 17.8. The van der Waals surface area contributed by atoms with Gasteiger partial charge >= 0.3 is 12.1 Å². The van der Waals surface area contributed by atoms with Crippen molar-refractivity contribution in [3.05, 3.63) is 160 Å². The molecular weight excluding hydrogens is 856 g/mol. The number of benzene rings is 6. The molecule has 0 unspecified atom stereocenters. The molecule has 1 saturated heterocycles. The zero-order valence-corrected chi connectivity index (χ0v) is 35.3. The SMILES string of the molecule is O=C(NS(=O)(=O)c1ccc(NCCSc2ccccc2)c([N+](=O)[O-])c1)c1ccc2c(c1)CC[C@H]1CN(Cc3ccccc3-c3cccc4ccccc34)CCN21.O=C(O)C(F)(F)F. The average molecular weight is 898 g/mol. The number of carboxylic acid groups (broad SMARTS) is 1. The highest BCUT2D eigenvalue weighted by atomic mass is 32.2. The molecule has 1 amide bonds. The normalized spacial score (nSPS) is 15.0. The summed E-state index contributed by atoms with van der Waals surface area (Å²) in [6.07, 6.45) is -3.41. The number of carboxylic acids is 1. The molecule has 17 heteroatoms. The molecule has 0 saturated carbocycles. The van der Waals surface area contributed by atoms with Crippen molar-refractivity contribution >= 4 is 61.5 Å². The number of fused-ring (bicyclic) bond motifs is 4. The number of anilines is 2. The fourth-order valence-electron chi connectivity index (χ4n) is 7.87. The van der Waals surface area contributed by atoms with Crippen molar-refractivity contribution < 1.29 is 41.2 Å². The van der Waals surface area contributed by atoms with E-state index in [0.29, 0.717) is 18.3 Å². The van der Waals surface area contributed by atoms with Crippen molar-refractivity contribution in [3.8, 4) is 11.1 Å². The maximum Gasteiger partial charge on any atom is 0.490 e. The number of aliphatic carboxylic acids is 1. The Morgan fingerprint density at radius 1 is 0.857 bits per heavy atom. The average Bonchev–Trinajstić information content (AvgIpc) is 3.27. The summed E-state index contributed by atoms with van der Waals surface area (Å²) in [6, 6.07) is 42.7. The van der Waals surface area contributed by atoms with Gasteiger partial charge in [-0.2, -0.15) is 13.2 Å². The number of nitro groups is 1. The van der Waals surface area contributed by atoms with Crippen LogP contribution in [0, 0.1) is 10.1 Å². The third-order valence-electron chi connectivity index (χ3n) is 10.8. The Morgan fingerprint density at radius 2 is 1.56 bits per heavy atom. The van der Waals surface area contributed by atoms with Crippen molar-refractivity contribution in [2.75, 3.05) is 42.1 Å². The lowest BCUT2D eigenvalue weighted by Gasteiger charge is -2.46. The molecule has 0 aromatic heterocycles. The Hall–Kier alpha value is -6.43. The van der Waals surface area contributed by atoms with Crippen LogP contribution in [0.25, 0.3) is 21.9 Å². The maximum atomic E-state index is 13.3. The van der Waals surface area contributed by atoms with Crippen LogP contribution in [-0.4, -0.2) is 79.4 Å². The predicted molar refractivity (Wildman–Crippen MR) is 238 cm³/mol. The second kappa shape index (κ2) is 19.3. The van der Waals surface area contributed by atoms with Crippen molar-refractivity contribution in [3.63, 3.8) is 0 Å². The van der Waals surface area contributed by atoms with E-state index in [9.17, 15) is 36.5 Å². The van der Waals surface area contributed by atoms with Crippen LogP contribution < -0.4 is 14.9 Å². The van der Waals surface area contributed by atoms with E-state index in [-0.39, 0.29) is 21.8 Å². The largest absolute Gasteiger partial charge is 0.490 e. The smallest absolute Gasteiger partial charge is 0.475 e. The molecule has 6 aromatic rings. The lowest BCUT2D eigenvalue weighted by atomic mass is 9.91. The van der Waals surface area contributed by atoms with E-state index in [1.54, 1.807) is 23.9 Å². The Kier molecular flexibility index (Phi) is 13.7. The number of piperazine rings is 1. The second-order valence-electron chi connectivity index (χ2n) is 14.9. The topological polar surface area (TPSA) is 162 Å². The molecule has 12 nitrogen and oxygen atoms in total. The van der Waals surface area contributed by atoms with Gasteiger partial charge in [-0.25, -0.2) is 17.9 Å². The van der Waals surface area contributed by atoms with Crippen LogP contribution in [-0.2, 0) is 27.8 Å². The zero-order valence-electron chi connectivity index (χ0n) is 33.6.